The van der Waals surface area contributed by atoms with Crippen LogP contribution in [0.3, 0.4) is 0 Å². The molecule has 5 rings (SSSR count). The largest absolute Gasteiger partial charge is 0.372 e. The van der Waals surface area contributed by atoms with Gasteiger partial charge in [-0.15, -0.1) is 0 Å². The highest BCUT2D eigenvalue weighted by Gasteiger charge is 2.33. The molecule has 0 atom stereocenters. The third kappa shape index (κ3) is 4.04. The van der Waals surface area contributed by atoms with E-state index in [1.807, 2.05) is 36.4 Å². The van der Waals surface area contributed by atoms with Crippen molar-refractivity contribution in [1.29, 1.82) is 0 Å². The smallest absolute Gasteiger partial charge is 0.243 e. The van der Waals surface area contributed by atoms with Gasteiger partial charge in [0.05, 0.1) is 4.90 Å². The Kier molecular flexibility index (Phi) is 5.95. The van der Waals surface area contributed by atoms with E-state index >= 15 is 0 Å². The molecule has 2 aliphatic rings. The maximum atomic E-state index is 13.9. The molecule has 32 heavy (non-hydrogen) atoms. The molecule has 1 fully saturated rings. The summed E-state index contributed by atoms with van der Waals surface area (Å²) in [6.45, 7) is 4.75. The first-order valence-corrected chi connectivity index (χ1v) is 13.4. The van der Waals surface area contributed by atoms with E-state index in [4.69, 9.17) is 0 Å². The summed E-state index contributed by atoms with van der Waals surface area (Å²) in [4.78, 5) is 2.82. The summed E-state index contributed by atoms with van der Waals surface area (Å²) in [5.74, 6) is 0. The van der Waals surface area contributed by atoms with Crippen LogP contribution >= 0.6 is 0 Å². The Hall–Kier alpha value is -2.37. The Bertz CT molecular complexity index is 1220. The minimum absolute atomic E-state index is 0.0784. The van der Waals surface area contributed by atoms with Gasteiger partial charge in [0.15, 0.2) is 0 Å². The molecule has 0 bridgehead atoms. The third-order valence-electron chi connectivity index (χ3n) is 7.14. The quantitative estimate of drug-likeness (QED) is 0.482. The zero-order valence-electron chi connectivity index (χ0n) is 18.8. The van der Waals surface area contributed by atoms with Crippen LogP contribution in [0, 0.1) is 0 Å². The van der Waals surface area contributed by atoms with Crippen LogP contribution in [-0.4, -0.2) is 31.9 Å². The predicted octanol–water partition coefficient (Wildman–Crippen LogP) is 5.75. The summed E-state index contributed by atoms with van der Waals surface area (Å²) in [6, 6.07) is 20.1. The lowest BCUT2D eigenvalue weighted by Crippen LogP contribution is -2.38. The number of aryl methyl sites for hydroxylation is 1. The van der Waals surface area contributed by atoms with Crippen molar-refractivity contribution in [3.8, 4) is 0 Å². The van der Waals surface area contributed by atoms with Gasteiger partial charge in [-0.25, -0.2) is 8.42 Å². The SMILES string of the molecule is CCN1CCCc2cc(CN(C3CCCC3)S(=O)(=O)c3ccc4ccccc4c3)ccc21. The van der Waals surface area contributed by atoms with Gasteiger partial charge in [0.1, 0.15) is 0 Å². The minimum atomic E-state index is -3.59. The fourth-order valence-corrected chi connectivity index (χ4v) is 7.11. The van der Waals surface area contributed by atoms with Crippen LogP contribution < -0.4 is 4.90 Å². The minimum Gasteiger partial charge on any atom is -0.372 e. The second-order valence-corrected chi connectivity index (χ2v) is 11.0. The first-order chi connectivity index (χ1) is 15.6. The van der Waals surface area contributed by atoms with Crippen LogP contribution in [-0.2, 0) is 23.0 Å². The van der Waals surface area contributed by atoms with Gasteiger partial charge in [0, 0.05) is 31.4 Å². The average molecular weight is 449 g/mol. The fraction of sp³-hybridized carbons (Fsp3) is 0.407. The van der Waals surface area contributed by atoms with Gasteiger partial charge < -0.3 is 4.90 Å². The Morgan fingerprint density at radius 2 is 1.72 bits per heavy atom. The number of anilines is 1. The molecular weight excluding hydrogens is 416 g/mol. The summed E-state index contributed by atoms with van der Waals surface area (Å²) in [5, 5.41) is 2.03. The average Bonchev–Trinajstić information content (AvgIpc) is 3.36. The molecule has 3 aromatic rings. The molecule has 0 amide bonds. The summed E-state index contributed by atoms with van der Waals surface area (Å²) >= 11 is 0. The Morgan fingerprint density at radius 3 is 2.50 bits per heavy atom. The van der Waals surface area contributed by atoms with Gasteiger partial charge in [0.25, 0.3) is 0 Å². The summed E-state index contributed by atoms with van der Waals surface area (Å²) < 4.78 is 29.5. The van der Waals surface area contributed by atoms with Gasteiger partial charge in [-0.1, -0.05) is 55.3 Å². The van der Waals surface area contributed by atoms with Gasteiger partial charge in [-0.2, -0.15) is 4.31 Å². The predicted molar refractivity (Wildman–Crippen MR) is 132 cm³/mol. The van der Waals surface area contributed by atoms with Crippen LogP contribution in [0.4, 0.5) is 5.69 Å². The molecule has 0 saturated heterocycles. The van der Waals surface area contributed by atoms with Gasteiger partial charge >= 0.3 is 0 Å². The zero-order valence-corrected chi connectivity index (χ0v) is 19.7. The molecule has 0 N–H and O–H groups in total. The highest BCUT2D eigenvalue weighted by Crippen LogP contribution is 2.33. The van der Waals surface area contributed by atoms with Crippen molar-refractivity contribution in [2.24, 2.45) is 0 Å². The standard InChI is InChI=1S/C27H32N2O2S/c1-2-28-17-7-10-24-18-21(13-16-27(24)28)20-29(25-11-5-6-12-25)32(30,31)26-15-14-22-8-3-4-9-23(22)19-26/h3-4,8-9,13-16,18-19,25H,2,5-7,10-12,17,20H2,1H3. The number of benzene rings is 3. The lowest BCUT2D eigenvalue weighted by Gasteiger charge is -2.32. The molecule has 168 valence electrons. The van der Waals surface area contributed by atoms with Crippen molar-refractivity contribution in [3.05, 3.63) is 71.8 Å². The molecule has 0 unspecified atom stereocenters. The molecule has 0 radical (unpaired) electrons. The number of rotatable bonds is 6. The summed E-state index contributed by atoms with van der Waals surface area (Å²) in [7, 11) is -3.59. The van der Waals surface area contributed by atoms with Gasteiger partial charge in [-0.3, -0.25) is 0 Å². The zero-order chi connectivity index (χ0) is 22.1. The van der Waals surface area contributed by atoms with Crippen LogP contribution in [0.5, 0.6) is 0 Å². The van der Waals surface area contributed by atoms with E-state index in [-0.39, 0.29) is 6.04 Å². The first-order valence-electron chi connectivity index (χ1n) is 11.9. The lowest BCUT2D eigenvalue weighted by molar-refractivity contribution is 0.316. The second kappa shape index (κ2) is 8.87. The van der Waals surface area contributed by atoms with E-state index in [2.05, 4.69) is 30.0 Å². The highest BCUT2D eigenvalue weighted by molar-refractivity contribution is 7.89. The highest BCUT2D eigenvalue weighted by atomic mass is 32.2. The van der Waals surface area contributed by atoms with Crippen molar-refractivity contribution >= 4 is 26.5 Å². The molecule has 1 aliphatic heterocycles. The number of nitrogens with zero attached hydrogens (tertiary/aromatic N) is 2. The lowest BCUT2D eigenvalue weighted by atomic mass is 9.99. The van der Waals surface area contributed by atoms with E-state index in [9.17, 15) is 8.42 Å². The summed E-state index contributed by atoms with van der Waals surface area (Å²) in [5.41, 5.74) is 3.76. The van der Waals surface area contributed by atoms with E-state index in [0.29, 0.717) is 11.4 Å². The van der Waals surface area contributed by atoms with Crippen molar-refractivity contribution in [1.82, 2.24) is 4.31 Å². The normalized spacial score (nSPS) is 17.2. The van der Waals surface area contributed by atoms with Crippen molar-refractivity contribution in [2.75, 3.05) is 18.0 Å². The van der Waals surface area contributed by atoms with Crippen molar-refractivity contribution < 1.29 is 8.42 Å². The Morgan fingerprint density at radius 1 is 0.938 bits per heavy atom. The molecule has 1 saturated carbocycles. The van der Waals surface area contributed by atoms with Crippen LogP contribution in [0.2, 0.25) is 0 Å². The molecule has 3 aromatic carbocycles. The third-order valence-corrected chi connectivity index (χ3v) is 9.03. The van der Waals surface area contributed by atoms with Crippen molar-refractivity contribution in [2.45, 2.75) is 62.9 Å². The van der Waals surface area contributed by atoms with Crippen LogP contribution in [0.1, 0.15) is 50.2 Å². The van der Waals surface area contributed by atoms with E-state index in [0.717, 1.165) is 68.0 Å². The van der Waals surface area contributed by atoms with E-state index < -0.39 is 10.0 Å². The number of hydrogen-bond donors (Lipinski definition) is 0. The second-order valence-electron chi connectivity index (χ2n) is 9.14. The molecule has 1 heterocycles. The fourth-order valence-electron chi connectivity index (χ4n) is 5.40. The summed E-state index contributed by atoms with van der Waals surface area (Å²) in [6.07, 6.45) is 6.32. The Balaban J connectivity index is 1.50. The number of hydrogen-bond acceptors (Lipinski definition) is 3. The topological polar surface area (TPSA) is 40.6 Å². The number of sulfonamides is 1. The van der Waals surface area contributed by atoms with Crippen LogP contribution in [0.25, 0.3) is 10.8 Å². The monoisotopic (exact) mass is 448 g/mol. The van der Waals surface area contributed by atoms with Gasteiger partial charge in [-0.05, 0) is 72.7 Å². The van der Waals surface area contributed by atoms with E-state index in [1.165, 1.54) is 11.3 Å². The Labute approximate surface area is 191 Å². The molecule has 1 aliphatic carbocycles. The van der Waals surface area contributed by atoms with Crippen LogP contribution in [0.15, 0.2) is 65.6 Å². The van der Waals surface area contributed by atoms with E-state index in [1.54, 1.807) is 10.4 Å². The maximum Gasteiger partial charge on any atom is 0.243 e. The molecule has 5 heteroatoms. The molecule has 0 spiro atoms. The van der Waals surface area contributed by atoms with Gasteiger partial charge in [0.2, 0.25) is 10.0 Å². The number of fused-ring (bicyclic) bond motifs is 2. The van der Waals surface area contributed by atoms with Crippen molar-refractivity contribution in [3.63, 3.8) is 0 Å². The molecule has 4 nitrogen and oxygen atoms in total. The maximum absolute atomic E-state index is 13.9. The molecular formula is C27H32N2O2S. The molecule has 0 aromatic heterocycles. The first kappa shape index (κ1) is 21.5.